The van der Waals surface area contributed by atoms with E-state index in [2.05, 4.69) is 15.0 Å². The SMILES string of the molecule is CC[C@](C)(NC(=O)c1ccnc(C(=O)OC)c1)c1ccccc1. The Morgan fingerprint density at radius 1 is 1.22 bits per heavy atom. The zero-order valence-corrected chi connectivity index (χ0v) is 13.5. The van der Waals surface area contributed by atoms with Gasteiger partial charge in [-0.05, 0) is 31.0 Å². The topological polar surface area (TPSA) is 68.3 Å². The average Bonchev–Trinajstić information content (AvgIpc) is 2.61. The molecule has 1 aromatic carbocycles. The fourth-order valence-corrected chi connectivity index (χ4v) is 2.28. The number of hydrogen-bond donors (Lipinski definition) is 1. The number of nitrogens with zero attached hydrogens (tertiary/aromatic N) is 1. The number of pyridine rings is 1. The molecule has 0 radical (unpaired) electrons. The first-order valence-corrected chi connectivity index (χ1v) is 7.42. The van der Waals surface area contributed by atoms with Crippen molar-refractivity contribution < 1.29 is 14.3 Å². The van der Waals surface area contributed by atoms with Crippen molar-refractivity contribution in [3.63, 3.8) is 0 Å². The number of hydrogen-bond acceptors (Lipinski definition) is 4. The summed E-state index contributed by atoms with van der Waals surface area (Å²) >= 11 is 0. The van der Waals surface area contributed by atoms with Crippen LogP contribution in [0, 0.1) is 0 Å². The maximum atomic E-state index is 12.6. The number of esters is 1. The Morgan fingerprint density at radius 3 is 2.52 bits per heavy atom. The number of rotatable bonds is 5. The fourth-order valence-electron chi connectivity index (χ4n) is 2.28. The molecule has 1 amide bonds. The number of ether oxygens (including phenoxy) is 1. The first-order valence-electron chi connectivity index (χ1n) is 7.42. The Kier molecular flexibility index (Phi) is 5.11. The van der Waals surface area contributed by atoms with Gasteiger partial charge >= 0.3 is 5.97 Å². The second-order valence-electron chi connectivity index (χ2n) is 5.43. The molecule has 0 aliphatic rings. The number of carbonyl (C=O) groups is 2. The third-order valence-corrected chi connectivity index (χ3v) is 3.92. The van der Waals surface area contributed by atoms with E-state index in [9.17, 15) is 9.59 Å². The molecule has 1 aromatic heterocycles. The molecular weight excluding hydrogens is 292 g/mol. The van der Waals surface area contributed by atoms with Crippen LogP contribution in [0.3, 0.4) is 0 Å². The summed E-state index contributed by atoms with van der Waals surface area (Å²) in [6.45, 7) is 3.99. The maximum Gasteiger partial charge on any atom is 0.356 e. The summed E-state index contributed by atoms with van der Waals surface area (Å²) in [5, 5.41) is 3.04. The van der Waals surface area contributed by atoms with Crippen molar-refractivity contribution >= 4 is 11.9 Å². The van der Waals surface area contributed by atoms with Gasteiger partial charge in [0.05, 0.1) is 12.6 Å². The summed E-state index contributed by atoms with van der Waals surface area (Å²) in [6, 6.07) is 12.8. The Balaban J connectivity index is 2.25. The van der Waals surface area contributed by atoms with Crippen LogP contribution in [0.15, 0.2) is 48.7 Å². The lowest BCUT2D eigenvalue weighted by Crippen LogP contribution is -2.43. The molecule has 0 unspecified atom stereocenters. The Hall–Kier alpha value is -2.69. The maximum absolute atomic E-state index is 12.6. The molecule has 2 aromatic rings. The highest BCUT2D eigenvalue weighted by atomic mass is 16.5. The lowest BCUT2D eigenvalue weighted by molar-refractivity contribution is 0.0594. The molecule has 2 rings (SSSR count). The van der Waals surface area contributed by atoms with Gasteiger partial charge in [0, 0.05) is 11.8 Å². The molecule has 1 heterocycles. The summed E-state index contributed by atoms with van der Waals surface area (Å²) < 4.78 is 4.63. The predicted octanol–water partition coefficient (Wildman–Crippen LogP) is 2.92. The average molecular weight is 312 g/mol. The standard InChI is InChI=1S/C18H20N2O3/c1-4-18(2,14-8-6-5-7-9-14)20-16(21)13-10-11-19-15(12-13)17(22)23-3/h5-12H,4H2,1-3H3,(H,20,21)/t18-/m0/s1. The van der Waals surface area contributed by atoms with Crippen molar-refractivity contribution in [2.24, 2.45) is 0 Å². The van der Waals surface area contributed by atoms with Crippen LogP contribution >= 0.6 is 0 Å². The van der Waals surface area contributed by atoms with E-state index in [0.717, 1.165) is 12.0 Å². The van der Waals surface area contributed by atoms with E-state index >= 15 is 0 Å². The van der Waals surface area contributed by atoms with Crippen molar-refractivity contribution in [2.75, 3.05) is 7.11 Å². The monoisotopic (exact) mass is 312 g/mol. The normalized spacial score (nSPS) is 13.0. The molecule has 0 fully saturated rings. The number of benzene rings is 1. The van der Waals surface area contributed by atoms with Gasteiger partial charge in [-0.25, -0.2) is 9.78 Å². The van der Waals surface area contributed by atoms with E-state index in [1.54, 1.807) is 6.07 Å². The van der Waals surface area contributed by atoms with E-state index in [-0.39, 0.29) is 11.6 Å². The Bertz CT molecular complexity index is 700. The molecule has 0 spiro atoms. The minimum atomic E-state index is -0.569. The van der Waals surface area contributed by atoms with E-state index in [1.807, 2.05) is 44.2 Å². The summed E-state index contributed by atoms with van der Waals surface area (Å²) in [4.78, 5) is 28.0. The van der Waals surface area contributed by atoms with Crippen molar-refractivity contribution in [3.05, 3.63) is 65.5 Å². The Morgan fingerprint density at radius 2 is 1.91 bits per heavy atom. The van der Waals surface area contributed by atoms with Crippen molar-refractivity contribution in [2.45, 2.75) is 25.8 Å². The third kappa shape index (κ3) is 3.74. The molecule has 0 aliphatic heterocycles. The molecule has 0 saturated heterocycles. The van der Waals surface area contributed by atoms with Crippen LogP contribution < -0.4 is 5.32 Å². The molecule has 5 nitrogen and oxygen atoms in total. The van der Waals surface area contributed by atoms with Crippen LogP contribution in [0.5, 0.6) is 0 Å². The zero-order chi connectivity index (χ0) is 16.9. The van der Waals surface area contributed by atoms with Crippen LogP contribution in [0.1, 0.15) is 46.7 Å². The van der Waals surface area contributed by atoms with Crippen molar-refractivity contribution in [1.29, 1.82) is 0 Å². The van der Waals surface area contributed by atoms with Gasteiger partial charge in [-0.2, -0.15) is 0 Å². The van der Waals surface area contributed by atoms with Crippen molar-refractivity contribution in [3.8, 4) is 0 Å². The van der Waals surface area contributed by atoms with E-state index < -0.39 is 11.5 Å². The zero-order valence-electron chi connectivity index (χ0n) is 13.5. The summed E-state index contributed by atoms with van der Waals surface area (Å²) in [5.74, 6) is -0.827. The molecule has 1 N–H and O–H groups in total. The van der Waals surface area contributed by atoms with E-state index in [0.29, 0.717) is 5.56 Å². The van der Waals surface area contributed by atoms with Gasteiger partial charge in [-0.3, -0.25) is 4.79 Å². The molecule has 0 saturated carbocycles. The highest BCUT2D eigenvalue weighted by molar-refractivity contribution is 5.97. The van der Waals surface area contributed by atoms with Crippen LogP contribution in [-0.2, 0) is 10.3 Å². The minimum Gasteiger partial charge on any atom is -0.464 e. The lowest BCUT2D eigenvalue weighted by atomic mass is 9.89. The summed E-state index contributed by atoms with van der Waals surface area (Å²) in [6.07, 6.45) is 2.16. The minimum absolute atomic E-state index is 0.109. The number of aromatic nitrogens is 1. The molecule has 120 valence electrons. The Labute approximate surface area is 135 Å². The van der Waals surface area contributed by atoms with Gasteiger partial charge < -0.3 is 10.1 Å². The molecular formula is C18H20N2O3. The third-order valence-electron chi connectivity index (χ3n) is 3.92. The molecule has 1 atom stereocenters. The van der Waals surface area contributed by atoms with Crippen LogP contribution in [0.25, 0.3) is 0 Å². The smallest absolute Gasteiger partial charge is 0.356 e. The van der Waals surface area contributed by atoms with Crippen LogP contribution in [0.4, 0.5) is 0 Å². The summed E-state index contributed by atoms with van der Waals surface area (Å²) in [5.41, 5.74) is 1.01. The molecule has 5 heteroatoms. The van der Waals surface area contributed by atoms with Crippen LogP contribution in [0.2, 0.25) is 0 Å². The van der Waals surface area contributed by atoms with Gasteiger partial charge in [0.2, 0.25) is 0 Å². The lowest BCUT2D eigenvalue weighted by Gasteiger charge is -2.30. The van der Waals surface area contributed by atoms with Gasteiger partial charge in [0.25, 0.3) is 5.91 Å². The van der Waals surface area contributed by atoms with Crippen molar-refractivity contribution in [1.82, 2.24) is 10.3 Å². The highest BCUT2D eigenvalue weighted by Crippen LogP contribution is 2.24. The van der Waals surface area contributed by atoms with Gasteiger partial charge in [0.1, 0.15) is 5.69 Å². The van der Waals surface area contributed by atoms with Gasteiger partial charge in [0.15, 0.2) is 0 Å². The first-order chi connectivity index (χ1) is 11.0. The fraction of sp³-hybridized carbons (Fsp3) is 0.278. The largest absolute Gasteiger partial charge is 0.464 e. The number of carbonyl (C=O) groups excluding carboxylic acids is 2. The first kappa shape index (κ1) is 16.7. The quantitative estimate of drug-likeness (QED) is 0.862. The highest BCUT2D eigenvalue weighted by Gasteiger charge is 2.27. The van der Waals surface area contributed by atoms with Crippen LogP contribution in [-0.4, -0.2) is 24.0 Å². The summed E-state index contributed by atoms with van der Waals surface area (Å²) in [7, 11) is 1.28. The molecule has 0 aliphatic carbocycles. The molecule has 0 bridgehead atoms. The number of amides is 1. The number of nitrogens with one attached hydrogen (secondary N) is 1. The van der Waals surface area contributed by atoms with E-state index in [1.165, 1.54) is 19.4 Å². The molecule has 23 heavy (non-hydrogen) atoms. The second kappa shape index (κ2) is 7.05. The van der Waals surface area contributed by atoms with Gasteiger partial charge in [-0.15, -0.1) is 0 Å². The number of methoxy groups -OCH3 is 1. The predicted molar refractivity (Wildman–Crippen MR) is 87.1 cm³/mol. The second-order valence-corrected chi connectivity index (χ2v) is 5.43. The van der Waals surface area contributed by atoms with E-state index in [4.69, 9.17) is 0 Å². The van der Waals surface area contributed by atoms with Gasteiger partial charge in [-0.1, -0.05) is 37.3 Å².